The number of rotatable bonds is 5. The predicted molar refractivity (Wildman–Crippen MR) is 65.5 cm³/mol. The molecule has 0 saturated carbocycles. The van der Waals surface area contributed by atoms with Gasteiger partial charge in [0.05, 0.1) is 12.3 Å². The fourth-order valence-electron chi connectivity index (χ4n) is 1.66. The molecule has 1 aromatic rings. The maximum Gasteiger partial charge on any atom is 0.148 e. The van der Waals surface area contributed by atoms with E-state index in [2.05, 4.69) is 5.32 Å². The van der Waals surface area contributed by atoms with Gasteiger partial charge in [0.15, 0.2) is 0 Å². The number of nitrogens with one attached hydrogen (secondary N) is 1. The maximum absolute atomic E-state index is 13.8. The van der Waals surface area contributed by atoms with Crippen LogP contribution in [0.3, 0.4) is 0 Å². The molecule has 1 aromatic carbocycles. The number of nitrogens with zero attached hydrogens (tertiary/aromatic N) is 1. The molecule has 0 aromatic heterocycles. The van der Waals surface area contributed by atoms with E-state index in [9.17, 15) is 4.39 Å². The molecule has 90 valence electrons. The topological polar surface area (TPSA) is 35.5 Å². The summed E-state index contributed by atoms with van der Waals surface area (Å²) < 4.78 is 13.8. The lowest BCUT2D eigenvalue weighted by molar-refractivity contribution is 0.298. The zero-order valence-corrected chi connectivity index (χ0v) is 10.00. The molecule has 0 aliphatic rings. The number of aliphatic hydroxyl groups is 1. The van der Waals surface area contributed by atoms with Gasteiger partial charge in [-0.3, -0.25) is 0 Å². The Labute approximate surface area is 95.9 Å². The van der Waals surface area contributed by atoms with Crippen molar-refractivity contribution in [2.45, 2.75) is 19.9 Å². The van der Waals surface area contributed by atoms with Crippen LogP contribution in [0.4, 0.5) is 15.8 Å². The molecule has 0 atom stereocenters. The molecule has 4 heteroatoms. The number of benzene rings is 1. The van der Waals surface area contributed by atoms with Gasteiger partial charge in [-0.1, -0.05) is 0 Å². The Balaban J connectivity index is 3.00. The molecule has 0 aliphatic heterocycles. The highest BCUT2D eigenvalue weighted by Crippen LogP contribution is 2.24. The Bertz CT molecular complexity index is 342. The van der Waals surface area contributed by atoms with Gasteiger partial charge in [0, 0.05) is 25.3 Å². The van der Waals surface area contributed by atoms with Crippen LogP contribution in [0.25, 0.3) is 0 Å². The molecule has 0 heterocycles. The van der Waals surface area contributed by atoms with Crippen LogP contribution in [-0.4, -0.2) is 31.3 Å². The zero-order valence-electron chi connectivity index (χ0n) is 10.00. The average molecular weight is 226 g/mol. The Hall–Kier alpha value is -1.29. The number of hydrogen-bond acceptors (Lipinski definition) is 3. The van der Waals surface area contributed by atoms with Crippen LogP contribution in [-0.2, 0) is 0 Å². The minimum Gasteiger partial charge on any atom is -0.395 e. The van der Waals surface area contributed by atoms with Gasteiger partial charge in [-0.2, -0.15) is 0 Å². The molecule has 0 radical (unpaired) electrons. The van der Waals surface area contributed by atoms with Crippen LogP contribution in [0.2, 0.25) is 0 Å². The van der Waals surface area contributed by atoms with Gasteiger partial charge >= 0.3 is 0 Å². The molecule has 0 fully saturated rings. The zero-order chi connectivity index (χ0) is 12.1. The summed E-state index contributed by atoms with van der Waals surface area (Å²) in [5.41, 5.74) is 1.28. The van der Waals surface area contributed by atoms with E-state index in [-0.39, 0.29) is 18.5 Å². The quantitative estimate of drug-likeness (QED) is 0.807. The molecule has 16 heavy (non-hydrogen) atoms. The third-order valence-electron chi connectivity index (χ3n) is 2.51. The van der Waals surface area contributed by atoms with E-state index in [1.807, 2.05) is 24.8 Å². The van der Waals surface area contributed by atoms with E-state index in [4.69, 9.17) is 5.11 Å². The Morgan fingerprint density at radius 3 is 2.56 bits per heavy atom. The fraction of sp³-hybridized carbons (Fsp3) is 0.500. The van der Waals surface area contributed by atoms with Crippen molar-refractivity contribution in [1.82, 2.24) is 0 Å². The number of aliphatic hydroxyl groups excluding tert-OH is 1. The molecule has 0 amide bonds. The van der Waals surface area contributed by atoms with Crippen LogP contribution in [0.1, 0.15) is 13.8 Å². The molecule has 0 bridgehead atoms. The normalized spacial score (nSPS) is 10.6. The second-order valence-corrected chi connectivity index (χ2v) is 3.93. The van der Waals surface area contributed by atoms with Crippen molar-refractivity contribution < 1.29 is 9.50 Å². The van der Waals surface area contributed by atoms with Crippen LogP contribution < -0.4 is 10.2 Å². The second-order valence-electron chi connectivity index (χ2n) is 3.93. The summed E-state index contributed by atoms with van der Waals surface area (Å²) in [5.74, 6) is -0.269. The Kier molecular flexibility index (Phi) is 4.55. The number of anilines is 2. The summed E-state index contributed by atoms with van der Waals surface area (Å²) in [4.78, 5) is 1.84. The van der Waals surface area contributed by atoms with Crippen LogP contribution in [0, 0.1) is 5.82 Å². The Morgan fingerprint density at radius 1 is 1.44 bits per heavy atom. The maximum atomic E-state index is 13.8. The van der Waals surface area contributed by atoms with E-state index >= 15 is 0 Å². The number of hydrogen-bond donors (Lipinski definition) is 2. The highest BCUT2D eigenvalue weighted by Gasteiger charge is 2.14. The molecule has 0 saturated heterocycles. The van der Waals surface area contributed by atoms with Crippen molar-refractivity contribution in [1.29, 1.82) is 0 Å². The third kappa shape index (κ3) is 2.85. The van der Waals surface area contributed by atoms with E-state index in [0.717, 1.165) is 5.69 Å². The monoisotopic (exact) mass is 226 g/mol. The third-order valence-corrected chi connectivity index (χ3v) is 2.51. The molecule has 0 unspecified atom stereocenters. The highest BCUT2D eigenvalue weighted by molar-refractivity contribution is 5.56. The SMILES string of the molecule is CNc1ccc(N(CCO)C(C)C)c(F)c1. The van der Waals surface area contributed by atoms with Gasteiger partial charge in [0.2, 0.25) is 0 Å². The van der Waals surface area contributed by atoms with E-state index < -0.39 is 0 Å². The van der Waals surface area contributed by atoms with Crippen LogP contribution in [0.15, 0.2) is 18.2 Å². The van der Waals surface area contributed by atoms with Crippen LogP contribution in [0.5, 0.6) is 0 Å². The summed E-state index contributed by atoms with van der Waals surface area (Å²) in [7, 11) is 1.75. The van der Waals surface area contributed by atoms with Gasteiger partial charge in [-0.15, -0.1) is 0 Å². The fourth-order valence-corrected chi connectivity index (χ4v) is 1.66. The minimum atomic E-state index is -0.269. The predicted octanol–water partition coefficient (Wildman–Crippen LogP) is 2.07. The first kappa shape index (κ1) is 12.8. The lowest BCUT2D eigenvalue weighted by Gasteiger charge is -2.28. The van der Waals surface area contributed by atoms with Crippen LogP contribution >= 0.6 is 0 Å². The molecule has 0 spiro atoms. The van der Waals surface area contributed by atoms with Crippen molar-refractivity contribution in [3.8, 4) is 0 Å². The molecule has 1 rings (SSSR count). The highest BCUT2D eigenvalue weighted by atomic mass is 19.1. The van der Waals surface area contributed by atoms with Gasteiger partial charge in [0.1, 0.15) is 5.82 Å². The van der Waals surface area contributed by atoms with Gasteiger partial charge in [0.25, 0.3) is 0 Å². The number of halogens is 1. The first-order valence-corrected chi connectivity index (χ1v) is 5.45. The van der Waals surface area contributed by atoms with E-state index in [1.165, 1.54) is 6.07 Å². The van der Waals surface area contributed by atoms with Crippen molar-refractivity contribution in [3.63, 3.8) is 0 Å². The Morgan fingerprint density at radius 2 is 2.12 bits per heavy atom. The summed E-state index contributed by atoms with van der Waals surface area (Å²) in [6, 6.07) is 5.17. The molecule has 3 nitrogen and oxygen atoms in total. The van der Waals surface area contributed by atoms with Crippen molar-refractivity contribution in [2.24, 2.45) is 0 Å². The van der Waals surface area contributed by atoms with Gasteiger partial charge in [-0.05, 0) is 32.0 Å². The summed E-state index contributed by atoms with van der Waals surface area (Å²) >= 11 is 0. The first-order chi connectivity index (χ1) is 7.60. The minimum absolute atomic E-state index is 0.0192. The lowest BCUT2D eigenvalue weighted by Crippen LogP contribution is -2.34. The van der Waals surface area contributed by atoms with Gasteiger partial charge in [-0.25, -0.2) is 4.39 Å². The van der Waals surface area contributed by atoms with E-state index in [0.29, 0.717) is 12.2 Å². The summed E-state index contributed by atoms with van der Waals surface area (Å²) in [6.45, 7) is 4.40. The average Bonchev–Trinajstić information content (AvgIpc) is 2.26. The molecular weight excluding hydrogens is 207 g/mol. The first-order valence-electron chi connectivity index (χ1n) is 5.45. The van der Waals surface area contributed by atoms with Crippen molar-refractivity contribution >= 4 is 11.4 Å². The smallest absolute Gasteiger partial charge is 0.148 e. The molecule has 0 aliphatic carbocycles. The second kappa shape index (κ2) is 5.70. The van der Waals surface area contributed by atoms with Crippen molar-refractivity contribution in [3.05, 3.63) is 24.0 Å². The van der Waals surface area contributed by atoms with E-state index in [1.54, 1.807) is 13.1 Å². The molecular formula is C12H19FN2O. The summed E-state index contributed by atoms with van der Waals surface area (Å²) in [5, 5.41) is 11.8. The summed E-state index contributed by atoms with van der Waals surface area (Å²) in [6.07, 6.45) is 0. The van der Waals surface area contributed by atoms with Gasteiger partial charge < -0.3 is 15.3 Å². The largest absolute Gasteiger partial charge is 0.395 e. The lowest BCUT2D eigenvalue weighted by atomic mass is 10.2. The standard InChI is InChI=1S/C12H19FN2O/c1-9(2)15(6-7-16)12-5-4-10(14-3)8-11(12)13/h4-5,8-9,14,16H,6-7H2,1-3H3. The molecule has 2 N–H and O–H groups in total. The van der Waals surface area contributed by atoms with Crippen molar-refractivity contribution in [2.75, 3.05) is 30.4 Å².